The molecule has 3 atom stereocenters. The van der Waals surface area contributed by atoms with Crippen molar-refractivity contribution in [3.8, 4) is 5.75 Å². The van der Waals surface area contributed by atoms with Crippen molar-refractivity contribution in [2.24, 2.45) is 5.92 Å². The van der Waals surface area contributed by atoms with E-state index >= 15 is 0 Å². The Labute approximate surface area is 180 Å². The number of fused-ring (bicyclic) bond motifs is 5. The minimum absolute atomic E-state index is 0.123. The molecule has 1 aliphatic heterocycles. The first kappa shape index (κ1) is 19.8. The van der Waals surface area contributed by atoms with Gasteiger partial charge in [-0.2, -0.15) is 0 Å². The van der Waals surface area contributed by atoms with E-state index in [0.29, 0.717) is 11.6 Å². The summed E-state index contributed by atoms with van der Waals surface area (Å²) in [4.78, 5) is 10.3. The molecule has 3 aromatic carbocycles. The van der Waals surface area contributed by atoms with E-state index in [-0.39, 0.29) is 22.6 Å². The van der Waals surface area contributed by atoms with Crippen LogP contribution in [0.5, 0.6) is 5.75 Å². The summed E-state index contributed by atoms with van der Waals surface area (Å²) in [5, 5.41) is 12.7. The highest BCUT2D eigenvalue weighted by Crippen LogP contribution is 2.51. The molecule has 0 bridgehead atoms. The lowest BCUT2D eigenvalue weighted by atomic mass is 9.77. The van der Waals surface area contributed by atoms with Gasteiger partial charge in [0.05, 0.1) is 15.5 Å². The monoisotopic (exact) mass is 438 g/mol. The van der Waals surface area contributed by atoms with Crippen molar-refractivity contribution in [2.45, 2.75) is 43.1 Å². The van der Waals surface area contributed by atoms with Crippen LogP contribution < -0.4 is 9.46 Å². The number of benzene rings is 3. The van der Waals surface area contributed by atoms with Crippen LogP contribution in [0.3, 0.4) is 0 Å². The summed E-state index contributed by atoms with van der Waals surface area (Å²) >= 11 is 0. The molecule has 2 aliphatic rings. The summed E-state index contributed by atoms with van der Waals surface area (Å²) in [7, 11) is -4.01. The van der Waals surface area contributed by atoms with Gasteiger partial charge in [-0.25, -0.2) is 8.42 Å². The lowest BCUT2D eigenvalue weighted by Gasteiger charge is -2.28. The SMILES string of the molecule is C[C@@H]1CC[C@H]2Oc3c(cc(NS(=O)(=O)c4cccc([N+](=O)[O-])c4)c4ccccc34)[C@@H]2C1. The molecular formula is C23H22N2O5S. The van der Waals surface area contributed by atoms with E-state index in [9.17, 15) is 18.5 Å². The Morgan fingerprint density at radius 1 is 1.06 bits per heavy atom. The van der Waals surface area contributed by atoms with Gasteiger partial charge in [-0.3, -0.25) is 14.8 Å². The van der Waals surface area contributed by atoms with Crippen LogP contribution in [0.25, 0.3) is 10.8 Å². The third-order valence-electron chi connectivity index (χ3n) is 6.32. The summed E-state index contributed by atoms with van der Waals surface area (Å²) in [6, 6.07) is 14.5. The predicted octanol–water partition coefficient (Wildman–Crippen LogP) is 5.21. The van der Waals surface area contributed by atoms with Crippen molar-refractivity contribution in [1.82, 2.24) is 0 Å². The van der Waals surface area contributed by atoms with Gasteiger partial charge in [0.2, 0.25) is 0 Å². The third-order valence-corrected chi connectivity index (χ3v) is 7.69. The highest BCUT2D eigenvalue weighted by Gasteiger charge is 2.39. The van der Waals surface area contributed by atoms with Gasteiger partial charge < -0.3 is 4.74 Å². The van der Waals surface area contributed by atoms with E-state index in [2.05, 4.69) is 11.6 Å². The minimum Gasteiger partial charge on any atom is -0.489 e. The lowest BCUT2D eigenvalue weighted by molar-refractivity contribution is -0.385. The van der Waals surface area contributed by atoms with Crippen molar-refractivity contribution in [2.75, 3.05) is 4.72 Å². The van der Waals surface area contributed by atoms with Crippen LogP contribution >= 0.6 is 0 Å². The Hall–Kier alpha value is -3.13. The number of hydrogen-bond acceptors (Lipinski definition) is 5. The van der Waals surface area contributed by atoms with Crippen LogP contribution in [0.4, 0.5) is 11.4 Å². The maximum atomic E-state index is 13.1. The summed E-state index contributed by atoms with van der Waals surface area (Å²) in [6.07, 6.45) is 3.24. The highest BCUT2D eigenvalue weighted by atomic mass is 32.2. The van der Waals surface area contributed by atoms with Gasteiger partial charge in [0.15, 0.2) is 0 Å². The fourth-order valence-electron chi connectivity index (χ4n) is 4.80. The first-order valence-corrected chi connectivity index (χ1v) is 11.8. The molecule has 8 heteroatoms. The van der Waals surface area contributed by atoms with E-state index in [1.165, 1.54) is 18.2 Å². The van der Waals surface area contributed by atoms with Crippen LogP contribution in [0.1, 0.15) is 37.7 Å². The molecule has 1 heterocycles. The molecule has 1 aliphatic carbocycles. The number of hydrogen-bond donors (Lipinski definition) is 1. The van der Waals surface area contributed by atoms with Crippen molar-refractivity contribution >= 4 is 32.2 Å². The molecule has 0 saturated heterocycles. The lowest BCUT2D eigenvalue weighted by Crippen LogP contribution is -2.26. The molecule has 1 saturated carbocycles. The second-order valence-electron chi connectivity index (χ2n) is 8.43. The van der Waals surface area contributed by atoms with Gasteiger partial charge in [-0.15, -0.1) is 0 Å². The number of nitro groups is 1. The van der Waals surface area contributed by atoms with E-state index in [0.717, 1.165) is 47.4 Å². The summed E-state index contributed by atoms with van der Waals surface area (Å²) in [5.41, 5.74) is 1.23. The number of rotatable bonds is 4. The molecular weight excluding hydrogens is 416 g/mol. The molecule has 1 fully saturated rings. The van der Waals surface area contributed by atoms with Gasteiger partial charge in [0.1, 0.15) is 11.9 Å². The number of ether oxygens (including phenoxy) is 1. The second-order valence-corrected chi connectivity index (χ2v) is 10.1. The normalized spacial score (nSPS) is 22.4. The summed E-state index contributed by atoms with van der Waals surface area (Å²) in [6.45, 7) is 2.24. The number of nitrogens with one attached hydrogen (secondary N) is 1. The van der Waals surface area contributed by atoms with E-state index < -0.39 is 14.9 Å². The molecule has 0 amide bonds. The van der Waals surface area contributed by atoms with Crippen LogP contribution in [0.2, 0.25) is 0 Å². The smallest absolute Gasteiger partial charge is 0.270 e. The molecule has 7 nitrogen and oxygen atoms in total. The highest BCUT2D eigenvalue weighted by molar-refractivity contribution is 7.92. The Kier molecular flexibility index (Phi) is 4.62. The number of non-ortho nitro benzene ring substituents is 1. The minimum atomic E-state index is -4.01. The molecule has 31 heavy (non-hydrogen) atoms. The van der Waals surface area contributed by atoms with Crippen molar-refractivity contribution in [3.05, 3.63) is 70.3 Å². The molecule has 5 rings (SSSR count). The number of sulfonamides is 1. The maximum Gasteiger partial charge on any atom is 0.270 e. The number of anilines is 1. The maximum absolute atomic E-state index is 13.1. The zero-order chi connectivity index (χ0) is 21.8. The summed E-state index contributed by atoms with van der Waals surface area (Å²) < 4.78 is 35.2. The van der Waals surface area contributed by atoms with Crippen LogP contribution in [-0.2, 0) is 10.0 Å². The van der Waals surface area contributed by atoms with Gasteiger partial charge in [-0.05, 0) is 37.3 Å². The van der Waals surface area contributed by atoms with Gasteiger partial charge in [-0.1, -0.05) is 37.3 Å². The average Bonchev–Trinajstić information content (AvgIpc) is 3.12. The summed E-state index contributed by atoms with van der Waals surface area (Å²) in [5.74, 6) is 1.68. The Bertz CT molecular complexity index is 1300. The molecule has 0 aromatic heterocycles. The van der Waals surface area contributed by atoms with Gasteiger partial charge in [0.25, 0.3) is 15.7 Å². The quantitative estimate of drug-likeness (QED) is 0.445. The Balaban J connectivity index is 1.61. The molecule has 3 aromatic rings. The first-order chi connectivity index (χ1) is 14.8. The van der Waals surface area contributed by atoms with Crippen molar-refractivity contribution in [1.29, 1.82) is 0 Å². The average molecular weight is 439 g/mol. The number of nitrogens with zero attached hydrogens (tertiary/aromatic N) is 1. The molecule has 0 unspecified atom stereocenters. The number of nitro benzene ring substituents is 1. The van der Waals surface area contributed by atoms with Gasteiger partial charge in [0, 0.05) is 34.4 Å². The third kappa shape index (κ3) is 3.40. The van der Waals surface area contributed by atoms with Crippen LogP contribution in [-0.4, -0.2) is 19.4 Å². The van der Waals surface area contributed by atoms with Crippen molar-refractivity contribution in [3.63, 3.8) is 0 Å². The zero-order valence-corrected chi connectivity index (χ0v) is 17.8. The fraction of sp³-hybridized carbons (Fsp3) is 0.304. The topological polar surface area (TPSA) is 98.5 Å². The molecule has 0 radical (unpaired) electrons. The van der Waals surface area contributed by atoms with E-state index in [4.69, 9.17) is 4.74 Å². The van der Waals surface area contributed by atoms with Crippen LogP contribution in [0.15, 0.2) is 59.5 Å². The Morgan fingerprint density at radius 3 is 2.61 bits per heavy atom. The van der Waals surface area contributed by atoms with Crippen LogP contribution in [0, 0.1) is 16.0 Å². The molecule has 0 spiro atoms. The molecule has 1 N–H and O–H groups in total. The largest absolute Gasteiger partial charge is 0.489 e. The fourth-order valence-corrected chi connectivity index (χ4v) is 5.91. The van der Waals surface area contributed by atoms with E-state index in [1.807, 2.05) is 30.3 Å². The Morgan fingerprint density at radius 2 is 1.84 bits per heavy atom. The molecule has 160 valence electrons. The van der Waals surface area contributed by atoms with E-state index in [1.54, 1.807) is 0 Å². The van der Waals surface area contributed by atoms with Gasteiger partial charge >= 0.3 is 0 Å². The predicted molar refractivity (Wildman–Crippen MR) is 118 cm³/mol. The zero-order valence-electron chi connectivity index (χ0n) is 16.9. The second kappa shape index (κ2) is 7.23. The first-order valence-electron chi connectivity index (χ1n) is 10.3. The van der Waals surface area contributed by atoms with Crippen molar-refractivity contribution < 1.29 is 18.1 Å². The standard InChI is InChI=1S/C23H22N2O5S/c1-14-9-10-22-19(11-14)20-13-21(17-7-2-3-8-18(17)23(20)30-22)24-31(28,29)16-6-4-5-15(12-16)25(26)27/h2-8,12-14,19,22,24H,9-11H2,1H3/t14-,19+,22-/m1/s1.